The van der Waals surface area contributed by atoms with E-state index in [0.29, 0.717) is 10.4 Å². The van der Waals surface area contributed by atoms with Crippen LogP contribution in [0.1, 0.15) is 5.69 Å². The number of rotatable bonds is 2. The van der Waals surface area contributed by atoms with Crippen LogP contribution in [0.25, 0.3) is 11.3 Å². The van der Waals surface area contributed by atoms with Gasteiger partial charge in [0.2, 0.25) is 0 Å². The van der Waals surface area contributed by atoms with E-state index in [1.807, 2.05) is 24.3 Å². The van der Waals surface area contributed by atoms with Crippen LogP contribution < -0.4 is 0 Å². The molecule has 2 rings (SSSR count). The quantitative estimate of drug-likeness (QED) is 0.775. The Balaban J connectivity index is 2.44. The Hall–Kier alpha value is -0.800. The third kappa shape index (κ3) is 1.83. The zero-order valence-corrected chi connectivity index (χ0v) is 9.55. The fourth-order valence-electron chi connectivity index (χ4n) is 1.20. The van der Waals surface area contributed by atoms with Gasteiger partial charge in [0, 0.05) is 15.9 Å². The van der Waals surface area contributed by atoms with Crippen LogP contribution in [-0.2, 0) is 5.33 Å². The molecule has 2 nitrogen and oxygen atoms in total. The van der Waals surface area contributed by atoms with Crippen molar-refractivity contribution < 1.29 is 4.42 Å². The van der Waals surface area contributed by atoms with Gasteiger partial charge in [0.05, 0.1) is 5.69 Å². The van der Waals surface area contributed by atoms with E-state index in [2.05, 4.69) is 20.9 Å². The van der Waals surface area contributed by atoms with Crippen molar-refractivity contribution in [1.29, 1.82) is 0 Å². The molecule has 0 bridgehead atoms. The van der Waals surface area contributed by atoms with E-state index < -0.39 is 0 Å². The zero-order valence-electron chi connectivity index (χ0n) is 7.21. The maximum absolute atomic E-state index is 5.79. The van der Waals surface area contributed by atoms with Crippen molar-refractivity contribution in [2.75, 3.05) is 0 Å². The van der Waals surface area contributed by atoms with Gasteiger partial charge in [0.15, 0.2) is 12.2 Å². The minimum Gasteiger partial charge on any atom is -0.443 e. The molecule has 0 aliphatic heterocycles. The number of alkyl halides is 1. The average molecular weight is 273 g/mol. The van der Waals surface area contributed by atoms with Crippen molar-refractivity contribution in [3.63, 3.8) is 0 Å². The van der Waals surface area contributed by atoms with Gasteiger partial charge in [0.1, 0.15) is 0 Å². The highest BCUT2D eigenvalue weighted by Gasteiger charge is 2.08. The summed E-state index contributed by atoms with van der Waals surface area (Å²) in [6.07, 6.45) is 1.44. The van der Waals surface area contributed by atoms with E-state index in [1.165, 1.54) is 6.39 Å². The monoisotopic (exact) mass is 271 g/mol. The van der Waals surface area contributed by atoms with Crippen LogP contribution in [0.4, 0.5) is 0 Å². The predicted octanol–water partition coefficient (Wildman–Crippen LogP) is 3.89. The molecule has 0 aliphatic carbocycles. The fourth-order valence-corrected chi connectivity index (χ4v) is 1.73. The van der Waals surface area contributed by atoms with E-state index in [-0.39, 0.29) is 0 Å². The molecule has 1 heterocycles. The van der Waals surface area contributed by atoms with Gasteiger partial charge >= 0.3 is 0 Å². The molecule has 0 fully saturated rings. The molecular formula is C10H7BrClNO. The molecule has 2 aromatic rings. The standard InChI is InChI=1S/C10H7BrClNO/c11-5-9-10(14-6-13-9)7-1-3-8(12)4-2-7/h1-4,6H,5H2. The molecule has 0 saturated carbocycles. The van der Waals surface area contributed by atoms with Crippen molar-refractivity contribution in [3.05, 3.63) is 41.4 Å². The Labute approximate surface area is 95.0 Å². The first kappa shape index (κ1) is 9.74. The summed E-state index contributed by atoms with van der Waals surface area (Å²) in [5, 5.41) is 1.40. The number of hydrogen-bond donors (Lipinski definition) is 0. The van der Waals surface area contributed by atoms with Crippen molar-refractivity contribution in [2.24, 2.45) is 0 Å². The maximum atomic E-state index is 5.79. The number of nitrogens with zero attached hydrogens (tertiary/aromatic N) is 1. The van der Waals surface area contributed by atoms with Crippen molar-refractivity contribution >= 4 is 27.5 Å². The number of oxazole rings is 1. The second kappa shape index (κ2) is 4.15. The van der Waals surface area contributed by atoms with Gasteiger partial charge in [-0.05, 0) is 24.3 Å². The SMILES string of the molecule is Clc1ccc(-c2ocnc2CBr)cc1. The van der Waals surface area contributed by atoms with Crippen LogP contribution in [0.15, 0.2) is 35.1 Å². The predicted molar refractivity (Wildman–Crippen MR) is 59.6 cm³/mol. The summed E-state index contributed by atoms with van der Waals surface area (Å²) in [6.45, 7) is 0. The first-order chi connectivity index (χ1) is 6.81. The summed E-state index contributed by atoms with van der Waals surface area (Å²) >= 11 is 9.14. The van der Waals surface area contributed by atoms with E-state index in [9.17, 15) is 0 Å². The molecule has 72 valence electrons. The van der Waals surface area contributed by atoms with Crippen LogP contribution >= 0.6 is 27.5 Å². The Kier molecular flexibility index (Phi) is 2.89. The van der Waals surface area contributed by atoms with Crippen LogP contribution in [0.5, 0.6) is 0 Å². The summed E-state index contributed by atoms with van der Waals surface area (Å²) in [6, 6.07) is 7.48. The smallest absolute Gasteiger partial charge is 0.181 e. The lowest BCUT2D eigenvalue weighted by Gasteiger charge is -1.98. The molecule has 4 heteroatoms. The first-order valence-electron chi connectivity index (χ1n) is 4.05. The third-order valence-electron chi connectivity index (χ3n) is 1.87. The average Bonchev–Trinajstić information content (AvgIpc) is 2.67. The van der Waals surface area contributed by atoms with Crippen LogP contribution in [0, 0.1) is 0 Å². The first-order valence-corrected chi connectivity index (χ1v) is 5.55. The van der Waals surface area contributed by atoms with Gasteiger partial charge in [0.25, 0.3) is 0 Å². The summed E-state index contributed by atoms with van der Waals surface area (Å²) in [5.74, 6) is 0.790. The summed E-state index contributed by atoms with van der Waals surface area (Å²) in [7, 11) is 0. The van der Waals surface area contributed by atoms with Crippen LogP contribution in [0.3, 0.4) is 0 Å². The van der Waals surface area contributed by atoms with Gasteiger partial charge in [-0.25, -0.2) is 4.98 Å². The van der Waals surface area contributed by atoms with Gasteiger partial charge in [-0.15, -0.1) is 0 Å². The molecule has 0 N–H and O–H groups in total. The van der Waals surface area contributed by atoms with Crippen LogP contribution in [-0.4, -0.2) is 4.98 Å². The lowest BCUT2D eigenvalue weighted by atomic mass is 10.1. The number of benzene rings is 1. The van der Waals surface area contributed by atoms with Gasteiger partial charge in [-0.1, -0.05) is 27.5 Å². The summed E-state index contributed by atoms with van der Waals surface area (Å²) in [4.78, 5) is 4.09. The molecule has 0 atom stereocenters. The van der Waals surface area contributed by atoms with Crippen LogP contribution in [0.2, 0.25) is 5.02 Å². The largest absolute Gasteiger partial charge is 0.443 e. The zero-order chi connectivity index (χ0) is 9.97. The molecule has 0 radical (unpaired) electrons. The van der Waals surface area contributed by atoms with Crippen molar-refractivity contribution in [1.82, 2.24) is 4.98 Å². The number of halogens is 2. The maximum Gasteiger partial charge on any atom is 0.181 e. The molecular weight excluding hydrogens is 265 g/mol. The summed E-state index contributed by atoms with van der Waals surface area (Å²) in [5.41, 5.74) is 1.88. The topological polar surface area (TPSA) is 26.0 Å². The number of aromatic nitrogens is 1. The van der Waals surface area contributed by atoms with E-state index in [1.54, 1.807) is 0 Å². The molecule has 0 unspecified atom stereocenters. The molecule has 1 aromatic heterocycles. The molecule has 0 amide bonds. The van der Waals surface area contributed by atoms with Crippen molar-refractivity contribution in [2.45, 2.75) is 5.33 Å². The minimum atomic E-state index is 0.682. The number of hydrogen-bond acceptors (Lipinski definition) is 2. The highest BCUT2D eigenvalue weighted by molar-refractivity contribution is 9.08. The highest BCUT2D eigenvalue weighted by atomic mass is 79.9. The summed E-state index contributed by atoms with van der Waals surface area (Å²) < 4.78 is 5.30. The lowest BCUT2D eigenvalue weighted by molar-refractivity contribution is 0.571. The fraction of sp³-hybridized carbons (Fsp3) is 0.100. The molecule has 1 aromatic carbocycles. The highest BCUT2D eigenvalue weighted by Crippen LogP contribution is 2.25. The molecule has 0 aliphatic rings. The Morgan fingerprint density at radius 3 is 2.64 bits per heavy atom. The Bertz CT molecular complexity index is 424. The lowest BCUT2D eigenvalue weighted by Crippen LogP contribution is -1.81. The van der Waals surface area contributed by atoms with E-state index >= 15 is 0 Å². The van der Waals surface area contributed by atoms with Crippen molar-refractivity contribution in [3.8, 4) is 11.3 Å². The Morgan fingerprint density at radius 1 is 1.29 bits per heavy atom. The molecule has 14 heavy (non-hydrogen) atoms. The van der Waals surface area contributed by atoms with E-state index in [4.69, 9.17) is 16.0 Å². The second-order valence-electron chi connectivity index (χ2n) is 2.77. The molecule has 0 saturated heterocycles. The van der Waals surface area contributed by atoms with E-state index in [0.717, 1.165) is 17.0 Å². The Morgan fingerprint density at radius 2 is 2.00 bits per heavy atom. The van der Waals surface area contributed by atoms with Gasteiger partial charge < -0.3 is 4.42 Å². The normalized spacial score (nSPS) is 10.4. The molecule has 0 spiro atoms. The second-order valence-corrected chi connectivity index (χ2v) is 3.77. The minimum absolute atomic E-state index is 0.682. The third-order valence-corrected chi connectivity index (χ3v) is 2.66. The van der Waals surface area contributed by atoms with Gasteiger partial charge in [-0.3, -0.25) is 0 Å². The van der Waals surface area contributed by atoms with Gasteiger partial charge in [-0.2, -0.15) is 0 Å².